The van der Waals surface area contributed by atoms with Gasteiger partial charge in [0.25, 0.3) is 0 Å². The standard InChI is InChI=1S/C15H16ClFN2/c1-2-19-15(12-5-7-18-8-6-12)10-11-3-4-13(16)14(17)9-11/h3-9,15,19H,2,10H2,1H3. The van der Waals surface area contributed by atoms with Gasteiger partial charge in [0.15, 0.2) is 0 Å². The van der Waals surface area contributed by atoms with E-state index in [2.05, 4.69) is 17.2 Å². The first-order chi connectivity index (χ1) is 9.20. The summed E-state index contributed by atoms with van der Waals surface area (Å²) in [5.74, 6) is -0.371. The summed E-state index contributed by atoms with van der Waals surface area (Å²) >= 11 is 5.70. The average Bonchev–Trinajstić information content (AvgIpc) is 2.43. The van der Waals surface area contributed by atoms with Gasteiger partial charge < -0.3 is 5.32 Å². The number of likely N-dealkylation sites (N-methyl/N-ethyl adjacent to an activating group) is 1. The van der Waals surface area contributed by atoms with E-state index in [0.29, 0.717) is 6.42 Å². The summed E-state index contributed by atoms with van der Waals surface area (Å²) < 4.78 is 13.5. The van der Waals surface area contributed by atoms with E-state index in [-0.39, 0.29) is 16.9 Å². The predicted molar refractivity (Wildman–Crippen MR) is 75.8 cm³/mol. The first kappa shape index (κ1) is 14.0. The Bertz CT molecular complexity index is 531. The normalized spacial score (nSPS) is 12.4. The van der Waals surface area contributed by atoms with Gasteiger partial charge in [0.05, 0.1) is 5.02 Å². The van der Waals surface area contributed by atoms with Crippen LogP contribution < -0.4 is 5.32 Å². The van der Waals surface area contributed by atoms with Gasteiger partial charge in [0, 0.05) is 18.4 Å². The Kier molecular flexibility index (Phi) is 4.88. The molecule has 0 aliphatic rings. The highest BCUT2D eigenvalue weighted by molar-refractivity contribution is 6.30. The van der Waals surface area contributed by atoms with Crippen LogP contribution >= 0.6 is 11.6 Å². The minimum atomic E-state index is -0.371. The lowest BCUT2D eigenvalue weighted by atomic mass is 9.99. The summed E-state index contributed by atoms with van der Waals surface area (Å²) in [6, 6.07) is 9.04. The van der Waals surface area contributed by atoms with Crippen LogP contribution in [0.15, 0.2) is 42.7 Å². The van der Waals surface area contributed by atoms with Crippen LogP contribution in [0.25, 0.3) is 0 Å². The third-order valence-electron chi connectivity index (χ3n) is 2.98. The maximum Gasteiger partial charge on any atom is 0.142 e. The number of aromatic nitrogens is 1. The first-order valence-electron chi connectivity index (χ1n) is 6.28. The molecule has 0 fully saturated rings. The van der Waals surface area contributed by atoms with Crippen LogP contribution in [0, 0.1) is 5.82 Å². The molecule has 4 heteroatoms. The molecule has 1 heterocycles. The number of benzene rings is 1. The van der Waals surface area contributed by atoms with Crippen LogP contribution in [0.1, 0.15) is 24.1 Å². The van der Waals surface area contributed by atoms with E-state index in [9.17, 15) is 4.39 Å². The van der Waals surface area contributed by atoms with Crippen LogP contribution in [-0.2, 0) is 6.42 Å². The van der Waals surface area contributed by atoms with Gasteiger partial charge in [-0.15, -0.1) is 0 Å². The minimum absolute atomic E-state index is 0.147. The Morgan fingerprint density at radius 2 is 2.00 bits per heavy atom. The van der Waals surface area contributed by atoms with E-state index in [0.717, 1.165) is 17.7 Å². The van der Waals surface area contributed by atoms with Gasteiger partial charge in [0.2, 0.25) is 0 Å². The van der Waals surface area contributed by atoms with Crippen molar-refractivity contribution in [1.82, 2.24) is 10.3 Å². The molecule has 0 spiro atoms. The molecule has 0 saturated heterocycles. The molecule has 1 aromatic heterocycles. The van der Waals surface area contributed by atoms with Crippen LogP contribution in [0.3, 0.4) is 0 Å². The monoisotopic (exact) mass is 278 g/mol. The van der Waals surface area contributed by atoms with E-state index in [1.54, 1.807) is 18.5 Å². The predicted octanol–water partition coefficient (Wildman–Crippen LogP) is 3.77. The summed E-state index contributed by atoms with van der Waals surface area (Å²) in [4.78, 5) is 4.02. The maximum absolute atomic E-state index is 13.5. The number of hydrogen-bond acceptors (Lipinski definition) is 2. The number of pyridine rings is 1. The lowest BCUT2D eigenvalue weighted by molar-refractivity contribution is 0.546. The van der Waals surface area contributed by atoms with Gasteiger partial charge in [-0.25, -0.2) is 4.39 Å². The first-order valence-corrected chi connectivity index (χ1v) is 6.65. The molecular weight excluding hydrogens is 263 g/mol. The molecule has 2 nitrogen and oxygen atoms in total. The molecule has 0 amide bonds. The molecule has 100 valence electrons. The Morgan fingerprint density at radius 3 is 2.63 bits per heavy atom. The quantitative estimate of drug-likeness (QED) is 0.901. The molecule has 0 saturated carbocycles. The second kappa shape index (κ2) is 6.64. The Morgan fingerprint density at radius 1 is 1.26 bits per heavy atom. The Labute approximate surface area is 117 Å². The molecule has 1 unspecified atom stereocenters. The molecule has 0 radical (unpaired) electrons. The lowest BCUT2D eigenvalue weighted by Crippen LogP contribution is -2.23. The highest BCUT2D eigenvalue weighted by Crippen LogP contribution is 2.21. The molecule has 0 bridgehead atoms. The fourth-order valence-electron chi connectivity index (χ4n) is 2.05. The average molecular weight is 279 g/mol. The third-order valence-corrected chi connectivity index (χ3v) is 3.29. The van der Waals surface area contributed by atoms with E-state index < -0.39 is 0 Å². The van der Waals surface area contributed by atoms with Gasteiger partial charge >= 0.3 is 0 Å². The largest absolute Gasteiger partial charge is 0.310 e. The lowest BCUT2D eigenvalue weighted by Gasteiger charge is -2.18. The molecule has 0 aliphatic heterocycles. The summed E-state index contributed by atoms with van der Waals surface area (Å²) in [6.45, 7) is 2.90. The van der Waals surface area contributed by atoms with Gasteiger partial charge in [-0.05, 0) is 48.4 Å². The van der Waals surface area contributed by atoms with Gasteiger partial charge in [-0.2, -0.15) is 0 Å². The van der Waals surface area contributed by atoms with Crippen molar-refractivity contribution < 1.29 is 4.39 Å². The van der Waals surface area contributed by atoms with E-state index in [4.69, 9.17) is 11.6 Å². The highest BCUT2D eigenvalue weighted by Gasteiger charge is 2.12. The molecule has 1 atom stereocenters. The van der Waals surface area contributed by atoms with Crippen LogP contribution in [-0.4, -0.2) is 11.5 Å². The van der Waals surface area contributed by atoms with E-state index >= 15 is 0 Å². The maximum atomic E-state index is 13.5. The second-order valence-electron chi connectivity index (χ2n) is 4.34. The van der Waals surface area contributed by atoms with Gasteiger partial charge in [-0.3, -0.25) is 4.98 Å². The van der Waals surface area contributed by atoms with Gasteiger partial charge in [-0.1, -0.05) is 24.6 Å². The molecule has 0 aliphatic carbocycles. The summed E-state index contributed by atoms with van der Waals surface area (Å²) in [7, 11) is 0. The second-order valence-corrected chi connectivity index (χ2v) is 4.75. The summed E-state index contributed by atoms with van der Waals surface area (Å²) in [5, 5.41) is 3.56. The zero-order valence-electron chi connectivity index (χ0n) is 10.7. The molecule has 1 N–H and O–H groups in total. The van der Waals surface area contributed by atoms with Gasteiger partial charge in [0.1, 0.15) is 5.82 Å². The SMILES string of the molecule is CCNC(Cc1ccc(Cl)c(F)c1)c1ccncc1. The van der Waals surface area contributed by atoms with Crippen LogP contribution in [0.2, 0.25) is 5.02 Å². The fraction of sp³-hybridized carbons (Fsp3) is 0.267. The van der Waals surface area contributed by atoms with E-state index in [1.165, 1.54) is 6.07 Å². The number of rotatable bonds is 5. The zero-order valence-corrected chi connectivity index (χ0v) is 11.5. The van der Waals surface area contributed by atoms with Crippen LogP contribution in [0.4, 0.5) is 4.39 Å². The number of halogens is 2. The topological polar surface area (TPSA) is 24.9 Å². The Balaban J connectivity index is 2.19. The molecule has 1 aromatic carbocycles. The zero-order chi connectivity index (χ0) is 13.7. The van der Waals surface area contributed by atoms with E-state index in [1.807, 2.05) is 18.2 Å². The number of nitrogens with zero attached hydrogens (tertiary/aromatic N) is 1. The molecule has 2 rings (SSSR count). The number of nitrogens with one attached hydrogen (secondary N) is 1. The highest BCUT2D eigenvalue weighted by atomic mass is 35.5. The van der Waals surface area contributed by atoms with Crippen molar-refractivity contribution in [1.29, 1.82) is 0 Å². The molecular formula is C15H16ClFN2. The van der Waals surface area contributed by atoms with Crippen molar-refractivity contribution >= 4 is 11.6 Å². The minimum Gasteiger partial charge on any atom is -0.310 e. The van der Waals surface area contributed by atoms with Crippen molar-refractivity contribution in [2.24, 2.45) is 0 Å². The Hall–Kier alpha value is -1.45. The van der Waals surface area contributed by atoms with Crippen molar-refractivity contribution in [2.45, 2.75) is 19.4 Å². The molecule has 19 heavy (non-hydrogen) atoms. The van der Waals surface area contributed by atoms with Crippen molar-refractivity contribution in [3.05, 3.63) is 64.7 Å². The van der Waals surface area contributed by atoms with Crippen molar-refractivity contribution in [3.63, 3.8) is 0 Å². The summed E-state index contributed by atoms with van der Waals surface area (Å²) in [6.07, 6.45) is 4.25. The molecule has 2 aromatic rings. The third kappa shape index (κ3) is 3.75. The van der Waals surface area contributed by atoms with Crippen molar-refractivity contribution in [2.75, 3.05) is 6.54 Å². The van der Waals surface area contributed by atoms with Crippen LogP contribution in [0.5, 0.6) is 0 Å². The smallest absolute Gasteiger partial charge is 0.142 e. The number of hydrogen-bond donors (Lipinski definition) is 1. The summed E-state index contributed by atoms with van der Waals surface area (Å²) in [5.41, 5.74) is 2.07. The van der Waals surface area contributed by atoms with Crippen molar-refractivity contribution in [3.8, 4) is 0 Å². The fourth-order valence-corrected chi connectivity index (χ4v) is 2.17.